The summed E-state index contributed by atoms with van der Waals surface area (Å²) in [5.41, 5.74) is -0.482. The Labute approximate surface area is 200 Å². The minimum atomic E-state index is -1.23. The SMILES string of the molecule is COc1cccc(N2CCC(O)(CN3CCOC[C@](O)(COc4ccc(F)c(C)c4)C3)CC2)c1. The van der Waals surface area contributed by atoms with Crippen LogP contribution in [0.25, 0.3) is 0 Å². The summed E-state index contributed by atoms with van der Waals surface area (Å²) in [7, 11) is 1.66. The van der Waals surface area contributed by atoms with Gasteiger partial charge in [-0.05, 0) is 55.7 Å². The maximum Gasteiger partial charge on any atom is 0.134 e. The number of aryl methyl sites for hydroxylation is 1. The average Bonchev–Trinajstić information content (AvgIpc) is 3.01. The summed E-state index contributed by atoms with van der Waals surface area (Å²) < 4.78 is 30.3. The molecule has 2 N–H and O–H groups in total. The number of hydrogen-bond donors (Lipinski definition) is 2. The highest BCUT2D eigenvalue weighted by Crippen LogP contribution is 2.30. The zero-order valence-corrected chi connectivity index (χ0v) is 20.0. The molecule has 2 aromatic carbocycles. The van der Waals surface area contributed by atoms with Crippen molar-refractivity contribution in [3.8, 4) is 11.5 Å². The maximum atomic E-state index is 13.5. The molecule has 186 valence electrons. The van der Waals surface area contributed by atoms with Crippen LogP contribution in [0, 0.1) is 12.7 Å². The predicted octanol–water partition coefficient (Wildman–Crippen LogP) is 2.62. The highest BCUT2D eigenvalue weighted by Gasteiger charge is 2.39. The summed E-state index contributed by atoms with van der Waals surface area (Å²) in [5.74, 6) is 1.03. The zero-order valence-electron chi connectivity index (χ0n) is 20.0. The van der Waals surface area contributed by atoms with Crippen molar-refractivity contribution in [2.45, 2.75) is 31.0 Å². The fourth-order valence-electron chi connectivity index (χ4n) is 4.71. The Morgan fingerprint density at radius 2 is 1.82 bits per heavy atom. The second kappa shape index (κ2) is 10.5. The van der Waals surface area contributed by atoms with E-state index in [9.17, 15) is 14.6 Å². The van der Waals surface area contributed by atoms with E-state index in [2.05, 4.69) is 15.9 Å². The molecule has 2 saturated heterocycles. The van der Waals surface area contributed by atoms with Crippen LogP contribution in [0.2, 0.25) is 0 Å². The van der Waals surface area contributed by atoms with Crippen LogP contribution in [-0.4, -0.2) is 86.0 Å². The first kappa shape index (κ1) is 24.7. The molecule has 2 fully saturated rings. The van der Waals surface area contributed by atoms with Crippen LogP contribution >= 0.6 is 0 Å². The Bertz CT molecular complexity index is 966. The molecule has 4 rings (SSSR count). The van der Waals surface area contributed by atoms with Crippen LogP contribution in [0.1, 0.15) is 18.4 Å². The second-order valence-electron chi connectivity index (χ2n) is 9.60. The van der Waals surface area contributed by atoms with Crippen molar-refractivity contribution >= 4 is 5.69 Å². The van der Waals surface area contributed by atoms with Crippen molar-refractivity contribution in [2.75, 3.05) is 64.6 Å². The minimum absolute atomic E-state index is 0.0244. The van der Waals surface area contributed by atoms with E-state index in [4.69, 9.17) is 14.2 Å². The summed E-state index contributed by atoms with van der Waals surface area (Å²) >= 11 is 0. The van der Waals surface area contributed by atoms with Crippen LogP contribution in [0.4, 0.5) is 10.1 Å². The lowest BCUT2D eigenvalue weighted by atomic mass is 9.90. The summed E-state index contributed by atoms with van der Waals surface area (Å²) in [6.07, 6.45) is 1.26. The molecule has 0 radical (unpaired) electrons. The van der Waals surface area contributed by atoms with Gasteiger partial charge in [-0.1, -0.05) is 6.07 Å². The standard InChI is InChI=1S/C26H35FN2O5/c1-20-14-23(6-7-24(20)27)34-19-26(31)17-28(12-13-33-18-26)16-25(30)8-10-29(11-9-25)21-4-3-5-22(15-21)32-2/h3-7,14-15,30-31H,8-13,16-19H2,1-2H3/t26-/m0/s1. The molecule has 34 heavy (non-hydrogen) atoms. The normalized spacial score (nSPS) is 23.4. The number of methoxy groups -OCH3 is 1. The van der Waals surface area contributed by atoms with Gasteiger partial charge in [0.05, 0.1) is 25.9 Å². The number of rotatable bonds is 7. The lowest BCUT2D eigenvalue weighted by Crippen LogP contribution is -2.55. The van der Waals surface area contributed by atoms with E-state index >= 15 is 0 Å². The summed E-state index contributed by atoms with van der Waals surface area (Å²) in [6, 6.07) is 12.5. The van der Waals surface area contributed by atoms with Gasteiger partial charge in [0.15, 0.2) is 0 Å². The lowest BCUT2D eigenvalue weighted by Gasteiger charge is -2.42. The molecular formula is C26H35FN2O5. The first-order chi connectivity index (χ1) is 16.3. The number of benzene rings is 2. The monoisotopic (exact) mass is 474 g/mol. The van der Waals surface area contributed by atoms with Gasteiger partial charge in [0.1, 0.15) is 29.5 Å². The van der Waals surface area contributed by atoms with E-state index in [1.165, 1.54) is 6.07 Å². The van der Waals surface area contributed by atoms with Crippen molar-refractivity contribution in [3.05, 3.63) is 53.8 Å². The van der Waals surface area contributed by atoms with Gasteiger partial charge in [-0.25, -0.2) is 4.39 Å². The highest BCUT2D eigenvalue weighted by molar-refractivity contribution is 5.51. The summed E-state index contributed by atoms with van der Waals surface area (Å²) in [6.45, 7) is 5.21. The van der Waals surface area contributed by atoms with E-state index < -0.39 is 11.2 Å². The van der Waals surface area contributed by atoms with Crippen LogP contribution in [0.3, 0.4) is 0 Å². The van der Waals surface area contributed by atoms with Crippen LogP contribution < -0.4 is 14.4 Å². The molecule has 0 aromatic heterocycles. The highest BCUT2D eigenvalue weighted by atomic mass is 19.1. The van der Waals surface area contributed by atoms with Gasteiger partial charge in [0.25, 0.3) is 0 Å². The van der Waals surface area contributed by atoms with Gasteiger partial charge in [0.2, 0.25) is 0 Å². The average molecular weight is 475 g/mol. The Morgan fingerprint density at radius 3 is 2.56 bits per heavy atom. The number of halogens is 1. The molecule has 0 aliphatic carbocycles. The molecule has 2 aromatic rings. The van der Waals surface area contributed by atoms with E-state index in [1.54, 1.807) is 26.2 Å². The van der Waals surface area contributed by atoms with Gasteiger partial charge in [-0.2, -0.15) is 0 Å². The molecule has 7 nitrogen and oxygen atoms in total. The Balaban J connectivity index is 1.33. The molecule has 2 heterocycles. The topological polar surface area (TPSA) is 74.6 Å². The van der Waals surface area contributed by atoms with E-state index in [0.29, 0.717) is 50.4 Å². The molecule has 2 aliphatic rings. The largest absolute Gasteiger partial charge is 0.497 e. The molecular weight excluding hydrogens is 439 g/mol. The van der Waals surface area contributed by atoms with Crippen molar-refractivity contribution < 1.29 is 28.8 Å². The second-order valence-corrected chi connectivity index (χ2v) is 9.60. The number of ether oxygens (including phenoxy) is 3. The molecule has 1 atom stereocenters. The van der Waals surface area contributed by atoms with Crippen molar-refractivity contribution in [2.24, 2.45) is 0 Å². The van der Waals surface area contributed by atoms with Gasteiger partial charge < -0.3 is 29.3 Å². The van der Waals surface area contributed by atoms with Gasteiger partial charge in [0, 0.05) is 44.5 Å². The molecule has 0 bridgehead atoms. The molecule has 8 heteroatoms. The molecule has 2 aliphatic heterocycles. The van der Waals surface area contributed by atoms with Gasteiger partial charge in [-0.15, -0.1) is 0 Å². The van der Waals surface area contributed by atoms with Crippen molar-refractivity contribution in [1.29, 1.82) is 0 Å². The minimum Gasteiger partial charge on any atom is -0.497 e. The number of hydrogen-bond acceptors (Lipinski definition) is 7. The lowest BCUT2D eigenvalue weighted by molar-refractivity contribution is -0.0742. The Hall–Kier alpha value is -2.39. The molecule has 0 amide bonds. The van der Waals surface area contributed by atoms with Crippen LogP contribution in [-0.2, 0) is 4.74 Å². The third kappa shape index (κ3) is 6.18. The Morgan fingerprint density at radius 1 is 1.03 bits per heavy atom. The van der Waals surface area contributed by atoms with Crippen LogP contribution in [0.5, 0.6) is 11.5 Å². The van der Waals surface area contributed by atoms with E-state index in [1.807, 2.05) is 18.2 Å². The first-order valence-electron chi connectivity index (χ1n) is 11.8. The number of aliphatic hydroxyl groups is 2. The number of piperidine rings is 1. The first-order valence-corrected chi connectivity index (χ1v) is 11.8. The smallest absolute Gasteiger partial charge is 0.134 e. The molecule has 0 unspecified atom stereocenters. The fraction of sp³-hybridized carbons (Fsp3) is 0.538. The molecule has 0 saturated carbocycles. The zero-order chi connectivity index (χ0) is 24.2. The van der Waals surface area contributed by atoms with Crippen molar-refractivity contribution in [1.82, 2.24) is 4.90 Å². The van der Waals surface area contributed by atoms with Gasteiger partial charge in [-0.3, -0.25) is 4.90 Å². The fourth-order valence-corrected chi connectivity index (χ4v) is 4.71. The number of β-amino-alcohol motifs (C(OH)–C–C–N with tert-alkyl or cyclic N) is 2. The van der Waals surface area contributed by atoms with Crippen molar-refractivity contribution in [3.63, 3.8) is 0 Å². The quantitative estimate of drug-likeness (QED) is 0.639. The van der Waals surface area contributed by atoms with E-state index in [-0.39, 0.29) is 19.0 Å². The number of nitrogens with zero attached hydrogens (tertiary/aromatic N) is 2. The number of anilines is 1. The summed E-state index contributed by atoms with van der Waals surface area (Å²) in [4.78, 5) is 4.32. The molecule has 0 spiro atoms. The third-order valence-electron chi connectivity index (χ3n) is 6.71. The van der Waals surface area contributed by atoms with Crippen LogP contribution in [0.15, 0.2) is 42.5 Å². The summed E-state index contributed by atoms with van der Waals surface area (Å²) in [5, 5.41) is 22.5. The van der Waals surface area contributed by atoms with Gasteiger partial charge >= 0.3 is 0 Å². The Kier molecular flexibility index (Phi) is 7.62. The van der Waals surface area contributed by atoms with E-state index in [0.717, 1.165) is 24.5 Å². The third-order valence-corrected chi connectivity index (χ3v) is 6.71. The predicted molar refractivity (Wildman–Crippen MR) is 128 cm³/mol. The maximum absolute atomic E-state index is 13.5.